The monoisotopic (exact) mass is 273 g/mol. The first kappa shape index (κ1) is 14.9. The molecule has 1 amide bonds. The Morgan fingerprint density at radius 2 is 2.11 bits per heavy atom. The molecule has 3 nitrogen and oxygen atoms in total. The third kappa shape index (κ3) is 3.68. The molecule has 1 rings (SSSR count). The number of benzene rings is 1. The Morgan fingerprint density at radius 1 is 1.50 bits per heavy atom. The van der Waals surface area contributed by atoms with E-state index in [0.29, 0.717) is 5.56 Å². The highest BCUT2D eigenvalue weighted by atomic mass is 35.5. The summed E-state index contributed by atoms with van der Waals surface area (Å²) in [7, 11) is 0. The number of amides is 1. The molecule has 0 spiro atoms. The molecular weight excluding hydrogens is 257 g/mol. The van der Waals surface area contributed by atoms with Crippen LogP contribution >= 0.6 is 11.6 Å². The quantitative estimate of drug-likeness (QED) is 0.886. The van der Waals surface area contributed by atoms with Crippen molar-refractivity contribution in [3.63, 3.8) is 0 Å². The minimum atomic E-state index is -0.616. The average Bonchev–Trinajstić information content (AvgIpc) is 2.30. The number of rotatable bonds is 4. The van der Waals surface area contributed by atoms with Crippen LogP contribution in [-0.2, 0) is 0 Å². The molecule has 18 heavy (non-hydrogen) atoms. The fourth-order valence-corrected chi connectivity index (χ4v) is 1.60. The van der Waals surface area contributed by atoms with Crippen molar-refractivity contribution in [2.24, 2.45) is 5.92 Å². The smallest absolute Gasteiger partial charge is 0.252 e. The molecule has 100 valence electrons. The molecule has 0 aliphatic rings. The maximum atomic E-state index is 13.2. The van der Waals surface area contributed by atoms with E-state index in [9.17, 15) is 14.3 Å². The molecule has 1 aromatic rings. The average molecular weight is 274 g/mol. The molecule has 0 heterocycles. The maximum absolute atomic E-state index is 13.2. The third-order valence-electron chi connectivity index (χ3n) is 2.73. The van der Waals surface area contributed by atoms with Crippen molar-refractivity contribution in [1.29, 1.82) is 0 Å². The summed E-state index contributed by atoms with van der Waals surface area (Å²) in [5.74, 6) is -0.808. The SMILES string of the molecule is Cc1cc(C(=O)NCC(O)C(C)C)c(Cl)cc1F. The van der Waals surface area contributed by atoms with Gasteiger partial charge < -0.3 is 10.4 Å². The molecule has 0 fully saturated rings. The van der Waals surface area contributed by atoms with Gasteiger partial charge in [-0.2, -0.15) is 0 Å². The maximum Gasteiger partial charge on any atom is 0.252 e. The van der Waals surface area contributed by atoms with Crippen LogP contribution in [0.5, 0.6) is 0 Å². The molecule has 0 radical (unpaired) electrons. The first-order valence-corrected chi connectivity index (χ1v) is 6.12. The third-order valence-corrected chi connectivity index (χ3v) is 3.05. The van der Waals surface area contributed by atoms with E-state index in [1.165, 1.54) is 6.07 Å². The van der Waals surface area contributed by atoms with Gasteiger partial charge in [0.1, 0.15) is 5.82 Å². The van der Waals surface area contributed by atoms with Gasteiger partial charge in [0.2, 0.25) is 0 Å². The van der Waals surface area contributed by atoms with Crippen LogP contribution in [0.4, 0.5) is 4.39 Å². The zero-order chi connectivity index (χ0) is 13.9. The lowest BCUT2D eigenvalue weighted by molar-refractivity contribution is 0.0871. The van der Waals surface area contributed by atoms with Gasteiger partial charge in [0, 0.05) is 6.54 Å². The number of hydrogen-bond donors (Lipinski definition) is 2. The summed E-state index contributed by atoms with van der Waals surface area (Å²) in [6.07, 6.45) is -0.616. The zero-order valence-electron chi connectivity index (χ0n) is 10.6. The zero-order valence-corrected chi connectivity index (χ0v) is 11.4. The van der Waals surface area contributed by atoms with Gasteiger partial charge in [0.05, 0.1) is 16.7 Å². The second kappa shape index (κ2) is 6.16. The Labute approximate surface area is 111 Å². The van der Waals surface area contributed by atoms with Crippen molar-refractivity contribution in [1.82, 2.24) is 5.32 Å². The first-order valence-electron chi connectivity index (χ1n) is 5.74. The summed E-state index contributed by atoms with van der Waals surface area (Å²) in [6.45, 7) is 5.41. The lowest BCUT2D eigenvalue weighted by Crippen LogP contribution is -2.34. The van der Waals surface area contributed by atoms with Gasteiger partial charge in [-0.1, -0.05) is 25.4 Å². The van der Waals surface area contributed by atoms with Gasteiger partial charge >= 0.3 is 0 Å². The van der Waals surface area contributed by atoms with Crippen molar-refractivity contribution in [3.8, 4) is 0 Å². The van der Waals surface area contributed by atoms with Crippen molar-refractivity contribution < 1.29 is 14.3 Å². The Kier molecular flexibility index (Phi) is 5.11. The topological polar surface area (TPSA) is 49.3 Å². The van der Waals surface area contributed by atoms with Gasteiger partial charge in [0.15, 0.2) is 0 Å². The number of carbonyl (C=O) groups is 1. The summed E-state index contributed by atoms with van der Waals surface area (Å²) < 4.78 is 13.2. The Morgan fingerprint density at radius 3 is 2.67 bits per heavy atom. The highest BCUT2D eigenvalue weighted by Gasteiger charge is 2.15. The highest BCUT2D eigenvalue weighted by molar-refractivity contribution is 6.33. The summed E-state index contributed by atoms with van der Waals surface area (Å²) in [4.78, 5) is 11.8. The summed E-state index contributed by atoms with van der Waals surface area (Å²) in [5.41, 5.74) is 0.570. The number of aliphatic hydroxyl groups excluding tert-OH is 1. The normalized spacial score (nSPS) is 12.6. The lowest BCUT2D eigenvalue weighted by atomic mass is 10.1. The number of carbonyl (C=O) groups excluding carboxylic acids is 1. The minimum absolute atomic E-state index is 0.0516. The predicted octanol–water partition coefficient (Wildman–Crippen LogP) is 2.53. The number of aryl methyl sites for hydroxylation is 1. The Balaban J connectivity index is 2.76. The van der Waals surface area contributed by atoms with Gasteiger partial charge in [-0.05, 0) is 30.5 Å². The van der Waals surface area contributed by atoms with Crippen molar-refractivity contribution in [2.75, 3.05) is 6.54 Å². The van der Waals surface area contributed by atoms with Crippen LogP contribution in [0.25, 0.3) is 0 Å². The number of halogens is 2. The molecule has 1 unspecified atom stereocenters. The largest absolute Gasteiger partial charge is 0.391 e. The second-order valence-electron chi connectivity index (χ2n) is 4.60. The van der Waals surface area contributed by atoms with Gasteiger partial charge in [-0.15, -0.1) is 0 Å². The number of aliphatic hydroxyl groups is 1. The molecule has 1 atom stereocenters. The number of hydrogen-bond acceptors (Lipinski definition) is 2. The first-order chi connectivity index (χ1) is 8.32. The summed E-state index contributed by atoms with van der Waals surface area (Å²) in [5, 5.41) is 12.2. The van der Waals surface area contributed by atoms with Gasteiger partial charge in [-0.3, -0.25) is 4.79 Å². The fraction of sp³-hybridized carbons (Fsp3) is 0.462. The summed E-state index contributed by atoms with van der Waals surface area (Å²) >= 11 is 5.81. The number of nitrogens with one attached hydrogen (secondary N) is 1. The van der Waals surface area contributed by atoms with Crippen LogP contribution in [0.1, 0.15) is 29.8 Å². The van der Waals surface area contributed by atoms with Crippen molar-refractivity contribution in [3.05, 3.63) is 34.1 Å². The van der Waals surface area contributed by atoms with Crippen LogP contribution in [0.15, 0.2) is 12.1 Å². The molecule has 0 saturated heterocycles. The standard InChI is InChI=1S/C13H17ClFNO2/c1-7(2)12(17)6-16-13(18)9-4-8(3)11(15)5-10(9)14/h4-5,7,12,17H,6H2,1-3H3,(H,16,18). The van der Waals surface area contributed by atoms with E-state index in [2.05, 4.69) is 5.32 Å². The van der Waals surface area contributed by atoms with Crippen LogP contribution in [0, 0.1) is 18.7 Å². The molecular formula is C13H17ClFNO2. The van der Waals surface area contributed by atoms with E-state index >= 15 is 0 Å². The molecule has 1 aromatic carbocycles. The molecule has 5 heteroatoms. The van der Waals surface area contributed by atoms with Gasteiger partial charge in [0.25, 0.3) is 5.91 Å². The molecule has 0 aliphatic heterocycles. The predicted molar refractivity (Wildman–Crippen MR) is 69.3 cm³/mol. The molecule has 0 aromatic heterocycles. The van der Waals surface area contributed by atoms with E-state index in [1.54, 1.807) is 6.92 Å². The van der Waals surface area contributed by atoms with Crippen LogP contribution in [-0.4, -0.2) is 23.7 Å². The fourth-order valence-electron chi connectivity index (χ4n) is 1.36. The minimum Gasteiger partial charge on any atom is -0.391 e. The van der Waals surface area contributed by atoms with Crippen molar-refractivity contribution >= 4 is 17.5 Å². The van der Waals surface area contributed by atoms with E-state index in [1.807, 2.05) is 13.8 Å². The highest BCUT2D eigenvalue weighted by Crippen LogP contribution is 2.20. The molecule has 0 bridgehead atoms. The van der Waals surface area contributed by atoms with Crippen LogP contribution in [0.2, 0.25) is 5.02 Å². The van der Waals surface area contributed by atoms with Crippen LogP contribution < -0.4 is 5.32 Å². The molecule has 2 N–H and O–H groups in total. The lowest BCUT2D eigenvalue weighted by Gasteiger charge is -2.15. The van der Waals surface area contributed by atoms with E-state index in [4.69, 9.17) is 11.6 Å². The second-order valence-corrected chi connectivity index (χ2v) is 5.01. The summed E-state index contributed by atoms with van der Waals surface area (Å²) in [6, 6.07) is 2.51. The molecule has 0 aliphatic carbocycles. The molecule has 0 saturated carbocycles. The van der Waals surface area contributed by atoms with E-state index in [0.717, 1.165) is 6.07 Å². The Hall–Kier alpha value is -1.13. The Bertz CT molecular complexity index is 449. The van der Waals surface area contributed by atoms with Crippen LogP contribution in [0.3, 0.4) is 0 Å². The van der Waals surface area contributed by atoms with Gasteiger partial charge in [-0.25, -0.2) is 4.39 Å². The van der Waals surface area contributed by atoms with E-state index in [-0.39, 0.29) is 23.0 Å². The van der Waals surface area contributed by atoms with Crippen molar-refractivity contribution in [2.45, 2.75) is 26.9 Å². The van der Waals surface area contributed by atoms with E-state index < -0.39 is 17.8 Å².